The molecule has 0 saturated heterocycles. The Kier molecular flexibility index (Phi) is 4.23. The zero-order valence-corrected chi connectivity index (χ0v) is 19.2. The Morgan fingerprint density at radius 1 is 1.20 bits per heavy atom. The third kappa shape index (κ3) is 3.04. The molecule has 3 aromatic heterocycles. The molecular formula is C25H19ClFN7O. The molecule has 1 saturated carbocycles. The summed E-state index contributed by atoms with van der Waals surface area (Å²) in [7, 11) is 0. The topological polar surface area (TPSA) is 89.1 Å². The van der Waals surface area contributed by atoms with E-state index in [0.29, 0.717) is 17.0 Å². The summed E-state index contributed by atoms with van der Waals surface area (Å²) in [6, 6.07) is 4.26. The molecular weight excluding hydrogens is 469 g/mol. The first-order valence-corrected chi connectivity index (χ1v) is 11.7. The van der Waals surface area contributed by atoms with Gasteiger partial charge in [-0.3, -0.25) is 9.20 Å². The molecule has 3 aliphatic rings. The zero-order chi connectivity index (χ0) is 23.7. The Bertz CT molecular complexity index is 1690. The van der Waals surface area contributed by atoms with Gasteiger partial charge in [0.2, 0.25) is 11.7 Å². The number of imidazole rings is 1. The molecule has 2 N–H and O–H groups in total. The lowest BCUT2D eigenvalue weighted by Crippen LogP contribution is -2.29. The van der Waals surface area contributed by atoms with Crippen LogP contribution >= 0.6 is 11.6 Å². The smallest absolute Gasteiger partial charge is 0.270 e. The minimum Gasteiger partial charge on any atom is -0.390 e. The molecule has 0 unspecified atom stereocenters. The third-order valence-corrected chi connectivity index (χ3v) is 7.31. The number of benzene rings is 1. The molecule has 0 amide bonds. The summed E-state index contributed by atoms with van der Waals surface area (Å²) in [4.78, 5) is 26.7. The Hall–Kier alpha value is -3.98. The molecule has 7 rings (SSSR count). The predicted molar refractivity (Wildman–Crippen MR) is 131 cm³/mol. The largest absolute Gasteiger partial charge is 0.390 e. The minimum absolute atomic E-state index is 0.0581. The lowest BCUT2D eigenvalue weighted by atomic mass is 9.82. The van der Waals surface area contributed by atoms with Crippen LogP contribution in [0.25, 0.3) is 22.5 Å². The van der Waals surface area contributed by atoms with E-state index in [0.717, 1.165) is 23.2 Å². The van der Waals surface area contributed by atoms with Crippen molar-refractivity contribution in [2.45, 2.75) is 19.3 Å². The van der Waals surface area contributed by atoms with Crippen molar-refractivity contribution in [2.75, 3.05) is 11.9 Å². The monoisotopic (exact) mass is 487 g/mol. The van der Waals surface area contributed by atoms with Crippen LogP contribution in [0.5, 0.6) is 0 Å². The fourth-order valence-electron chi connectivity index (χ4n) is 5.10. The van der Waals surface area contributed by atoms with E-state index in [2.05, 4.69) is 43.9 Å². The average molecular weight is 488 g/mol. The highest BCUT2D eigenvalue weighted by Gasteiger charge is 2.48. The summed E-state index contributed by atoms with van der Waals surface area (Å²) in [6.45, 7) is 1.00. The molecule has 1 aromatic carbocycles. The number of nitrogens with one attached hydrogen (secondary N) is 2. The van der Waals surface area contributed by atoms with Crippen molar-refractivity contribution in [3.05, 3.63) is 93.2 Å². The Morgan fingerprint density at radius 2 is 2.09 bits per heavy atom. The molecule has 4 heterocycles. The molecule has 4 aromatic rings. The van der Waals surface area contributed by atoms with Crippen molar-refractivity contribution in [1.82, 2.24) is 29.2 Å². The lowest BCUT2D eigenvalue weighted by Gasteiger charge is -2.30. The lowest BCUT2D eigenvalue weighted by molar-refractivity contribution is 0.550. The van der Waals surface area contributed by atoms with Gasteiger partial charge < -0.3 is 10.6 Å². The summed E-state index contributed by atoms with van der Waals surface area (Å²) < 4.78 is 17.5. The van der Waals surface area contributed by atoms with Crippen molar-refractivity contribution in [2.24, 2.45) is 5.41 Å². The van der Waals surface area contributed by atoms with Gasteiger partial charge in [0.15, 0.2) is 5.65 Å². The van der Waals surface area contributed by atoms with Crippen LogP contribution in [-0.4, -0.2) is 30.5 Å². The molecule has 10 heteroatoms. The first-order valence-electron chi connectivity index (χ1n) is 11.3. The highest BCUT2D eigenvalue weighted by Crippen LogP contribution is 2.56. The van der Waals surface area contributed by atoms with E-state index in [9.17, 15) is 9.18 Å². The number of halogens is 2. The van der Waals surface area contributed by atoms with Gasteiger partial charge in [-0.1, -0.05) is 23.7 Å². The average Bonchev–Trinajstić information content (AvgIpc) is 3.44. The van der Waals surface area contributed by atoms with E-state index in [-0.39, 0.29) is 21.9 Å². The molecule has 35 heavy (non-hydrogen) atoms. The number of para-hydroxylation sites is 1. The Balaban J connectivity index is 1.32. The Labute approximate surface area is 203 Å². The number of anilines is 1. The summed E-state index contributed by atoms with van der Waals surface area (Å²) in [6.07, 6.45) is 14.2. The van der Waals surface area contributed by atoms with Gasteiger partial charge in [-0.25, -0.2) is 18.9 Å². The summed E-state index contributed by atoms with van der Waals surface area (Å²) >= 11 is 6.26. The molecule has 0 bridgehead atoms. The van der Waals surface area contributed by atoms with Gasteiger partial charge in [0.25, 0.3) is 5.56 Å². The molecule has 8 nitrogen and oxygen atoms in total. The third-order valence-electron chi connectivity index (χ3n) is 7.00. The van der Waals surface area contributed by atoms with E-state index < -0.39 is 11.4 Å². The first kappa shape index (κ1) is 20.4. The van der Waals surface area contributed by atoms with Crippen molar-refractivity contribution in [3.63, 3.8) is 0 Å². The molecule has 2 aliphatic carbocycles. The van der Waals surface area contributed by atoms with E-state index >= 15 is 0 Å². The van der Waals surface area contributed by atoms with E-state index in [1.165, 1.54) is 54.6 Å². The van der Waals surface area contributed by atoms with E-state index in [1.807, 2.05) is 0 Å². The van der Waals surface area contributed by atoms with Gasteiger partial charge in [-0.05, 0) is 42.2 Å². The SMILES string of the molecule is O=c1c2cnc(NC3=CC=C4C(=CNCC45CC5)C3)nc2n2ccnc2n1-c1c(F)cccc1Cl. The quantitative estimate of drug-likeness (QED) is 0.452. The summed E-state index contributed by atoms with van der Waals surface area (Å²) in [5, 5.41) is 7.04. The van der Waals surface area contributed by atoms with Crippen molar-refractivity contribution in [3.8, 4) is 5.69 Å². The summed E-state index contributed by atoms with van der Waals surface area (Å²) in [5.74, 6) is -0.0573. The minimum atomic E-state index is -0.626. The number of nitrogens with zero attached hydrogens (tertiary/aromatic N) is 5. The van der Waals surface area contributed by atoms with Crippen LogP contribution < -0.4 is 16.2 Å². The molecule has 0 atom stereocenters. The fourth-order valence-corrected chi connectivity index (χ4v) is 5.34. The Morgan fingerprint density at radius 3 is 2.91 bits per heavy atom. The maximum atomic E-state index is 14.7. The molecule has 1 fully saturated rings. The number of rotatable bonds is 3. The van der Waals surface area contributed by atoms with Gasteiger partial charge in [-0.15, -0.1) is 0 Å². The van der Waals surface area contributed by atoms with Gasteiger partial charge in [0.1, 0.15) is 16.9 Å². The molecule has 0 radical (unpaired) electrons. The standard InChI is InChI=1S/C25H19ClFN7O/c26-18-2-1-3-19(27)20(18)34-22(35)16-12-30-23(32-21(16)33-9-8-29-24(33)34)31-15-4-5-17-14(10-15)11-28-13-25(17)6-7-25/h1-5,8-9,11-12,28H,6-7,10,13H2,(H,30,31,32). The van der Waals surface area contributed by atoms with E-state index in [4.69, 9.17) is 11.6 Å². The highest BCUT2D eigenvalue weighted by atomic mass is 35.5. The molecule has 1 aliphatic heterocycles. The number of hydrogen-bond donors (Lipinski definition) is 2. The van der Waals surface area contributed by atoms with Gasteiger partial charge in [0.05, 0.1) is 5.02 Å². The van der Waals surface area contributed by atoms with Gasteiger partial charge in [-0.2, -0.15) is 4.98 Å². The number of allylic oxidation sites excluding steroid dienone is 3. The number of aromatic nitrogens is 5. The fraction of sp³-hybridized carbons (Fsp3) is 0.200. The van der Waals surface area contributed by atoms with Gasteiger partial charge >= 0.3 is 0 Å². The van der Waals surface area contributed by atoms with Crippen molar-refractivity contribution in [1.29, 1.82) is 0 Å². The maximum absolute atomic E-state index is 14.7. The second-order valence-electron chi connectivity index (χ2n) is 9.14. The van der Waals surface area contributed by atoms with Crippen LogP contribution in [-0.2, 0) is 0 Å². The second kappa shape index (κ2) is 7.26. The van der Waals surface area contributed by atoms with Crippen molar-refractivity contribution < 1.29 is 4.39 Å². The number of hydrogen-bond acceptors (Lipinski definition) is 6. The molecule has 174 valence electrons. The zero-order valence-electron chi connectivity index (χ0n) is 18.4. The van der Waals surface area contributed by atoms with Crippen LogP contribution in [0.2, 0.25) is 5.02 Å². The highest BCUT2D eigenvalue weighted by molar-refractivity contribution is 6.32. The van der Waals surface area contributed by atoms with Crippen LogP contribution in [0.4, 0.5) is 10.3 Å². The maximum Gasteiger partial charge on any atom is 0.270 e. The summed E-state index contributed by atoms with van der Waals surface area (Å²) in [5.41, 5.74) is 3.78. The van der Waals surface area contributed by atoms with Crippen LogP contribution in [0.15, 0.2) is 76.8 Å². The molecule has 1 spiro atoms. The van der Waals surface area contributed by atoms with Gasteiger partial charge in [0, 0.05) is 48.9 Å². The predicted octanol–water partition coefficient (Wildman–Crippen LogP) is 4.11. The van der Waals surface area contributed by atoms with Crippen LogP contribution in [0.1, 0.15) is 19.3 Å². The second-order valence-corrected chi connectivity index (χ2v) is 9.55. The number of fused-ring (bicyclic) bond motifs is 5. The van der Waals surface area contributed by atoms with Crippen LogP contribution in [0, 0.1) is 11.2 Å². The van der Waals surface area contributed by atoms with Crippen LogP contribution in [0.3, 0.4) is 0 Å². The van der Waals surface area contributed by atoms with E-state index in [1.54, 1.807) is 10.6 Å². The normalized spacial score (nSPS) is 18.1. The first-order chi connectivity index (χ1) is 17.0. The van der Waals surface area contributed by atoms with Crippen molar-refractivity contribution >= 4 is 34.4 Å².